The van der Waals surface area contributed by atoms with Gasteiger partial charge in [0.2, 0.25) is 11.7 Å². The van der Waals surface area contributed by atoms with E-state index in [1.54, 1.807) is 32.0 Å². The van der Waals surface area contributed by atoms with E-state index in [0.29, 0.717) is 32.8 Å². The van der Waals surface area contributed by atoms with Crippen molar-refractivity contribution in [2.75, 3.05) is 0 Å². The molecule has 0 N–H and O–H groups in total. The first-order chi connectivity index (χ1) is 11.4. The van der Waals surface area contributed by atoms with Crippen LogP contribution in [0.2, 0.25) is 10.0 Å². The fourth-order valence-electron chi connectivity index (χ4n) is 2.33. The van der Waals surface area contributed by atoms with Gasteiger partial charge in [-0.15, -0.1) is 0 Å². The van der Waals surface area contributed by atoms with Gasteiger partial charge in [0.25, 0.3) is 0 Å². The number of halogens is 2. The minimum atomic E-state index is -0.457. The molecule has 0 aliphatic rings. The zero-order valence-corrected chi connectivity index (χ0v) is 14.2. The van der Waals surface area contributed by atoms with E-state index >= 15 is 0 Å². The number of aromatic nitrogens is 4. The Balaban J connectivity index is 1.90. The summed E-state index contributed by atoms with van der Waals surface area (Å²) in [6.07, 6.45) is 0. The van der Waals surface area contributed by atoms with Gasteiger partial charge >= 0.3 is 5.69 Å². The molecule has 24 heavy (non-hydrogen) atoms. The van der Waals surface area contributed by atoms with E-state index in [0.717, 1.165) is 0 Å². The minimum Gasteiger partial charge on any atom is -0.337 e. The van der Waals surface area contributed by atoms with Crippen LogP contribution in [0.4, 0.5) is 5.69 Å². The van der Waals surface area contributed by atoms with Crippen molar-refractivity contribution >= 4 is 28.9 Å². The van der Waals surface area contributed by atoms with Crippen LogP contribution < -0.4 is 0 Å². The number of benzene rings is 1. The van der Waals surface area contributed by atoms with Gasteiger partial charge in [0.1, 0.15) is 17.9 Å². The number of rotatable bonds is 4. The molecule has 0 amide bonds. The first-order valence-corrected chi connectivity index (χ1v) is 7.59. The summed E-state index contributed by atoms with van der Waals surface area (Å²) >= 11 is 12.0. The van der Waals surface area contributed by atoms with Crippen molar-refractivity contribution in [2.24, 2.45) is 0 Å². The van der Waals surface area contributed by atoms with Crippen LogP contribution in [-0.2, 0) is 6.54 Å². The van der Waals surface area contributed by atoms with Crippen LogP contribution in [0.1, 0.15) is 17.3 Å². The molecular formula is C14H11Cl2N5O3. The second kappa shape index (κ2) is 6.21. The molecule has 0 saturated carbocycles. The Morgan fingerprint density at radius 3 is 2.71 bits per heavy atom. The lowest BCUT2D eigenvalue weighted by Gasteiger charge is -1.99. The van der Waals surface area contributed by atoms with Crippen molar-refractivity contribution in [3.8, 4) is 11.4 Å². The van der Waals surface area contributed by atoms with Crippen molar-refractivity contribution in [3.63, 3.8) is 0 Å². The maximum atomic E-state index is 11.0. The molecule has 1 aromatic carbocycles. The van der Waals surface area contributed by atoms with E-state index in [1.165, 1.54) is 4.68 Å². The van der Waals surface area contributed by atoms with Crippen LogP contribution in [0.5, 0.6) is 0 Å². The van der Waals surface area contributed by atoms with Gasteiger partial charge in [0.15, 0.2) is 0 Å². The molecule has 0 fully saturated rings. The summed E-state index contributed by atoms with van der Waals surface area (Å²) in [4.78, 5) is 14.8. The Labute approximate surface area is 146 Å². The van der Waals surface area contributed by atoms with Crippen LogP contribution >= 0.6 is 23.2 Å². The molecule has 0 unspecified atom stereocenters. The van der Waals surface area contributed by atoms with Crippen molar-refractivity contribution in [1.82, 2.24) is 19.9 Å². The maximum absolute atomic E-state index is 11.0. The van der Waals surface area contributed by atoms with Crippen molar-refractivity contribution in [1.29, 1.82) is 0 Å². The summed E-state index contributed by atoms with van der Waals surface area (Å²) in [5.74, 6) is 0.569. The van der Waals surface area contributed by atoms with E-state index < -0.39 is 4.92 Å². The molecule has 0 bridgehead atoms. The molecule has 3 rings (SSSR count). The summed E-state index contributed by atoms with van der Waals surface area (Å²) in [7, 11) is 0. The van der Waals surface area contributed by atoms with E-state index in [-0.39, 0.29) is 18.1 Å². The van der Waals surface area contributed by atoms with E-state index in [9.17, 15) is 10.1 Å². The lowest BCUT2D eigenvalue weighted by atomic mass is 10.2. The molecule has 0 atom stereocenters. The van der Waals surface area contributed by atoms with Crippen LogP contribution in [0.25, 0.3) is 11.4 Å². The van der Waals surface area contributed by atoms with Gasteiger partial charge in [-0.05, 0) is 32.0 Å². The Kier molecular flexibility index (Phi) is 4.25. The second-order valence-corrected chi connectivity index (χ2v) is 5.91. The predicted octanol–water partition coefficient (Wildman–Crippen LogP) is 3.81. The van der Waals surface area contributed by atoms with Crippen molar-refractivity contribution in [3.05, 3.63) is 55.6 Å². The predicted molar refractivity (Wildman–Crippen MR) is 87.2 cm³/mol. The zero-order chi connectivity index (χ0) is 17.4. The quantitative estimate of drug-likeness (QED) is 0.513. The first-order valence-electron chi connectivity index (χ1n) is 6.83. The number of hydrogen-bond acceptors (Lipinski definition) is 6. The molecule has 0 spiro atoms. The molecule has 0 aliphatic heterocycles. The standard InChI is InChI=1S/C14H11Cl2N5O3/c1-7-13(21(22)23)8(2)20(18-7)6-12-17-14(19-24-12)10-4-3-9(15)5-11(10)16/h3-5H,6H2,1-2H3. The van der Waals surface area contributed by atoms with Gasteiger partial charge in [0, 0.05) is 10.6 Å². The fourth-order valence-corrected chi connectivity index (χ4v) is 2.83. The molecule has 2 heterocycles. The second-order valence-electron chi connectivity index (χ2n) is 5.07. The highest BCUT2D eigenvalue weighted by atomic mass is 35.5. The Bertz CT molecular complexity index is 935. The molecule has 0 aliphatic carbocycles. The van der Waals surface area contributed by atoms with Crippen LogP contribution in [-0.4, -0.2) is 24.8 Å². The molecule has 8 nitrogen and oxygen atoms in total. The Morgan fingerprint density at radius 2 is 2.08 bits per heavy atom. The normalized spacial score (nSPS) is 11.0. The van der Waals surface area contributed by atoms with Gasteiger partial charge in [-0.1, -0.05) is 28.4 Å². The van der Waals surface area contributed by atoms with Crippen molar-refractivity contribution in [2.45, 2.75) is 20.4 Å². The van der Waals surface area contributed by atoms with Gasteiger partial charge in [-0.25, -0.2) is 0 Å². The highest BCUT2D eigenvalue weighted by Gasteiger charge is 2.23. The molecular weight excluding hydrogens is 357 g/mol. The fraction of sp³-hybridized carbons (Fsp3) is 0.214. The number of nitrogens with zero attached hydrogens (tertiary/aromatic N) is 5. The molecule has 0 saturated heterocycles. The van der Waals surface area contributed by atoms with E-state index in [4.69, 9.17) is 27.7 Å². The van der Waals surface area contributed by atoms with Crippen LogP contribution in [0.15, 0.2) is 22.7 Å². The lowest BCUT2D eigenvalue weighted by molar-refractivity contribution is -0.386. The Hall–Kier alpha value is -2.45. The molecule has 3 aromatic rings. The third-order valence-electron chi connectivity index (χ3n) is 3.45. The van der Waals surface area contributed by atoms with E-state index in [1.807, 2.05) is 0 Å². The SMILES string of the molecule is Cc1nn(Cc2nc(-c3ccc(Cl)cc3Cl)no2)c(C)c1[N+](=O)[O-]. The topological polar surface area (TPSA) is 99.9 Å². The average Bonchev–Trinajstić information content (AvgIpc) is 3.04. The summed E-state index contributed by atoms with van der Waals surface area (Å²) in [5, 5.41) is 20.0. The third kappa shape index (κ3) is 2.98. The monoisotopic (exact) mass is 367 g/mol. The first kappa shape index (κ1) is 16.4. The smallest absolute Gasteiger partial charge is 0.312 e. The van der Waals surface area contributed by atoms with Crippen LogP contribution in [0.3, 0.4) is 0 Å². The third-order valence-corrected chi connectivity index (χ3v) is 4.00. The Morgan fingerprint density at radius 1 is 1.33 bits per heavy atom. The van der Waals surface area contributed by atoms with Gasteiger partial charge in [0.05, 0.1) is 9.95 Å². The number of hydrogen-bond donors (Lipinski definition) is 0. The number of aryl methyl sites for hydroxylation is 1. The summed E-state index contributed by atoms with van der Waals surface area (Å²) in [5.41, 5.74) is 1.31. The lowest BCUT2D eigenvalue weighted by Crippen LogP contribution is -2.04. The molecule has 0 radical (unpaired) electrons. The largest absolute Gasteiger partial charge is 0.337 e. The molecule has 10 heteroatoms. The molecule has 124 valence electrons. The summed E-state index contributed by atoms with van der Waals surface area (Å²) in [6, 6.07) is 4.94. The highest BCUT2D eigenvalue weighted by Crippen LogP contribution is 2.28. The van der Waals surface area contributed by atoms with Crippen molar-refractivity contribution < 1.29 is 9.45 Å². The van der Waals surface area contributed by atoms with E-state index in [2.05, 4.69) is 15.2 Å². The highest BCUT2D eigenvalue weighted by molar-refractivity contribution is 6.36. The maximum Gasteiger partial charge on any atom is 0.312 e. The summed E-state index contributed by atoms with van der Waals surface area (Å²) in [6.45, 7) is 3.32. The minimum absolute atomic E-state index is 0.0181. The van der Waals surface area contributed by atoms with Gasteiger partial charge in [-0.3, -0.25) is 14.8 Å². The van der Waals surface area contributed by atoms with Crippen LogP contribution in [0, 0.1) is 24.0 Å². The summed E-state index contributed by atoms with van der Waals surface area (Å²) < 4.78 is 6.64. The molecule has 2 aromatic heterocycles. The average molecular weight is 368 g/mol. The zero-order valence-electron chi connectivity index (χ0n) is 12.7. The van der Waals surface area contributed by atoms with Gasteiger partial charge < -0.3 is 4.52 Å². The van der Waals surface area contributed by atoms with Gasteiger partial charge in [-0.2, -0.15) is 10.1 Å². The number of nitro groups is 1.